The molecule has 0 fully saturated rings. The van der Waals surface area contributed by atoms with E-state index in [1.807, 2.05) is 58.0 Å². The van der Waals surface area contributed by atoms with E-state index in [2.05, 4.69) is 23.2 Å². The summed E-state index contributed by atoms with van der Waals surface area (Å²) in [6.45, 7) is 8.00. The minimum Gasteiger partial charge on any atom is -0.507 e. The summed E-state index contributed by atoms with van der Waals surface area (Å²) in [7, 11) is 0. The van der Waals surface area contributed by atoms with Crippen LogP contribution in [0, 0.1) is 0 Å². The Balaban J connectivity index is 0.000000410. The summed E-state index contributed by atoms with van der Waals surface area (Å²) in [4.78, 5) is 3.35. The number of aromatic nitrogens is 1. The highest BCUT2D eigenvalue weighted by Crippen LogP contribution is 2.36. The smallest absolute Gasteiger partial charge is 0.125 e. The van der Waals surface area contributed by atoms with E-state index in [1.165, 1.54) is 10.8 Å². The second-order valence-corrected chi connectivity index (χ2v) is 4.53. The molecule has 0 aliphatic carbocycles. The normalized spacial score (nSPS) is 10.0. The lowest BCUT2D eigenvalue weighted by atomic mass is 10.0. The number of fused-ring (bicyclic) bond motifs is 5. The second-order valence-electron chi connectivity index (χ2n) is 4.53. The van der Waals surface area contributed by atoms with Gasteiger partial charge in [-0.15, -0.1) is 0 Å². The fourth-order valence-corrected chi connectivity index (χ4v) is 2.70. The summed E-state index contributed by atoms with van der Waals surface area (Å²) in [6.07, 6.45) is 0. The van der Waals surface area contributed by atoms with Gasteiger partial charge >= 0.3 is 0 Å². The number of nitrogens with one attached hydrogen (secondary N) is 1. The van der Waals surface area contributed by atoms with Gasteiger partial charge in [-0.2, -0.15) is 0 Å². The van der Waals surface area contributed by atoms with Crippen molar-refractivity contribution in [1.29, 1.82) is 0 Å². The van der Waals surface area contributed by atoms with E-state index in [0.29, 0.717) is 5.75 Å². The van der Waals surface area contributed by atoms with Gasteiger partial charge in [-0.3, -0.25) is 0 Å². The summed E-state index contributed by atoms with van der Waals surface area (Å²) >= 11 is 0. The molecule has 22 heavy (non-hydrogen) atoms. The third-order valence-corrected chi connectivity index (χ3v) is 3.49. The maximum atomic E-state index is 10.1. The zero-order valence-corrected chi connectivity index (χ0v) is 13.6. The maximum Gasteiger partial charge on any atom is 0.125 e. The highest BCUT2D eigenvalue weighted by molar-refractivity contribution is 6.21. The second kappa shape index (κ2) is 6.99. The first-order chi connectivity index (χ1) is 10.8. The van der Waals surface area contributed by atoms with Gasteiger partial charge in [0, 0.05) is 27.7 Å². The van der Waals surface area contributed by atoms with Crippen molar-refractivity contribution < 1.29 is 5.11 Å². The van der Waals surface area contributed by atoms with E-state index in [9.17, 15) is 5.11 Å². The van der Waals surface area contributed by atoms with E-state index in [4.69, 9.17) is 0 Å². The molecule has 2 nitrogen and oxygen atoms in total. The van der Waals surface area contributed by atoms with Crippen LogP contribution in [0.1, 0.15) is 27.7 Å². The van der Waals surface area contributed by atoms with E-state index < -0.39 is 0 Å². The number of hydrogen-bond acceptors (Lipinski definition) is 1. The van der Waals surface area contributed by atoms with E-state index >= 15 is 0 Å². The summed E-state index contributed by atoms with van der Waals surface area (Å²) in [6, 6.07) is 18.0. The molecule has 0 saturated carbocycles. The van der Waals surface area contributed by atoms with Crippen LogP contribution < -0.4 is 0 Å². The molecule has 0 atom stereocenters. The van der Waals surface area contributed by atoms with Crippen LogP contribution in [-0.2, 0) is 0 Å². The van der Waals surface area contributed by atoms with Crippen molar-refractivity contribution in [2.24, 2.45) is 0 Å². The Morgan fingerprint density at radius 3 is 1.91 bits per heavy atom. The molecular formula is C20H23NO. The number of para-hydroxylation sites is 1. The molecule has 4 rings (SSSR count). The molecule has 0 saturated heterocycles. The molecule has 0 aliphatic heterocycles. The predicted molar refractivity (Wildman–Crippen MR) is 97.7 cm³/mol. The van der Waals surface area contributed by atoms with Crippen molar-refractivity contribution >= 4 is 32.6 Å². The average molecular weight is 293 g/mol. The standard InChI is InChI=1S/C16H11NO.2C2H6/c18-15-9-14-16(11-6-2-1-5-10(11)15)12-7-3-4-8-13(12)17-14;2*1-2/h1-9,17-18H;2*1-2H3. The summed E-state index contributed by atoms with van der Waals surface area (Å²) < 4.78 is 0. The molecule has 0 spiro atoms. The molecule has 0 bridgehead atoms. The molecule has 1 heterocycles. The Labute approximate surface area is 131 Å². The Morgan fingerprint density at radius 1 is 0.682 bits per heavy atom. The van der Waals surface area contributed by atoms with E-state index in [-0.39, 0.29) is 0 Å². The number of phenols is 1. The number of rotatable bonds is 0. The van der Waals surface area contributed by atoms with Crippen molar-refractivity contribution in [3.05, 3.63) is 54.6 Å². The van der Waals surface area contributed by atoms with Gasteiger partial charge < -0.3 is 10.1 Å². The molecule has 0 unspecified atom stereocenters. The van der Waals surface area contributed by atoms with Gasteiger partial charge in [0.05, 0.1) is 5.52 Å². The number of H-pyrrole nitrogens is 1. The van der Waals surface area contributed by atoms with Gasteiger partial charge in [0.2, 0.25) is 0 Å². The number of benzene rings is 3. The minimum absolute atomic E-state index is 0.324. The zero-order valence-electron chi connectivity index (χ0n) is 13.6. The highest BCUT2D eigenvalue weighted by atomic mass is 16.3. The largest absolute Gasteiger partial charge is 0.507 e. The molecule has 1 aromatic heterocycles. The van der Waals surface area contributed by atoms with Crippen LogP contribution in [0.15, 0.2) is 54.6 Å². The SMILES string of the molecule is CC.CC.Oc1cc2[nH]c3ccccc3c2c2ccccc12. The summed E-state index contributed by atoms with van der Waals surface area (Å²) in [5.41, 5.74) is 2.08. The first kappa shape index (κ1) is 15.9. The molecule has 2 heteroatoms. The van der Waals surface area contributed by atoms with Crippen molar-refractivity contribution in [2.45, 2.75) is 27.7 Å². The monoisotopic (exact) mass is 293 g/mol. The molecule has 4 aromatic rings. The van der Waals surface area contributed by atoms with Gasteiger partial charge in [0.25, 0.3) is 0 Å². The van der Waals surface area contributed by atoms with E-state index in [1.54, 1.807) is 6.07 Å². The quantitative estimate of drug-likeness (QED) is 0.396. The molecular weight excluding hydrogens is 270 g/mol. The Morgan fingerprint density at radius 2 is 1.23 bits per heavy atom. The lowest BCUT2D eigenvalue weighted by molar-refractivity contribution is 0.482. The van der Waals surface area contributed by atoms with Crippen molar-refractivity contribution in [2.75, 3.05) is 0 Å². The Hall–Kier alpha value is -2.48. The lowest BCUT2D eigenvalue weighted by Gasteiger charge is -2.02. The van der Waals surface area contributed by atoms with Crippen LogP contribution in [0.25, 0.3) is 32.6 Å². The number of phenolic OH excluding ortho intramolecular Hbond substituents is 1. The molecule has 2 N–H and O–H groups in total. The number of aromatic hydroxyl groups is 1. The molecule has 0 amide bonds. The van der Waals surface area contributed by atoms with Gasteiger partial charge in [-0.25, -0.2) is 0 Å². The fraction of sp³-hybridized carbons (Fsp3) is 0.200. The van der Waals surface area contributed by atoms with Crippen LogP contribution in [-0.4, -0.2) is 10.1 Å². The van der Waals surface area contributed by atoms with Crippen LogP contribution in [0.2, 0.25) is 0 Å². The Kier molecular flexibility index (Phi) is 5.05. The molecule has 0 aliphatic rings. The highest BCUT2D eigenvalue weighted by Gasteiger charge is 2.10. The third-order valence-electron chi connectivity index (χ3n) is 3.49. The molecule has 0 radical (unpaired) electrons. The summed E-state index contributed by atoms with van der Waals surface area (Å²) in [5.74, 6) is 0.324. The van der Waals surface area contributed by atoms with Crippen molar-refractivity contribution in [1.82, 2.24) is 4.98 Å². The van der Waals surface area contributed by atoms with Crippen LogP contribution in [0.4, 0.5) is 0 Å². The minimum atomic E-state index is 0.324. The topological polar surface area (TPSA) is 36.0 Å². The first-order valence-corrected chi connectivity index (χ1v) is 7.96. The maximum absolute atomic E-state index is 10.1. The number of hydrogen-bond donors (Lipinski definition) is 2. The molecule has 3 aromatic carbocycles. The van der Waals surface area contributed by atoms with E-state index in [0.717, 1.165) is 21.8 Å². The van der Waals surface area contributed by atoms with Crippen LogP contribution in [0.3, 0.4) is 0 Å². The van der Waals surface area contributed by atoms with Gasteiger partial charge in [-0.1, -0.05) is 70.2 Å². The van der Waals surface area contributed by atoms with Crippen molar-refractivity contribution in [3.63, 3.8) is 0 Å². The third kappa shape index (κ3) is 2.52. The fourth-order valence-electron chi connectivity index (χ4n) is 2.70. The van der Waals surface area contributed by atoms with Crippen LogP contribution >= 0.6 is 0 Å². The number of aromatic amines is 1. The van der Waals surface area contributed by atoms with Crippen LogP contribution in [0.5, 0.6) is 5.75 Å². The lowest BCUT2D eigenvalue weighted by Crippen LogP contribution is -1.76. The molecule has 114 valence electrons. The predicted octanol–water partition coefficient (Wildman–Crippen LogP) is 6.23. The first-order valence-electron chi connectivity index (χ1n) is 7.96. The zero-order chi connectivity index (χ0) is 16.1. The Bertz CT molecular complexity index is 890. The average Bonchev–Trinajstić information content (AvgIpc) is 2.97. The van der Waals surface area contributed by atoms with Gasteiger partial charge in [0.1, 0.15) is 5.75 Å². The van der Waals surface area contributed by atoms with Gasteiger partial charge in [-0.05, 0) is 11.5 Å². The van der Waals surface area contributed by atoms with Crippen molar-refractivity contribution in [3.8, 4) is 5.75 Å². The van der Waals surface area contributed by atoms with Gasteiger partial charge in [0.15, 0.2) is 0 Å². The summed E-state index contributed by atoms with van der Waals surface area (Å²) in [5, 5.41) is 14.4.